The van der Waals surface area contributed by atoms with Crippen molar-refractivity contribution in [3.8, 4) is 0 Å². The molecule has 2 heterocycles. The van der Waals surface area contributed by atoms with Gasteiger partial charge in [-0.1, -0.05) is 13.8 Å². The van der Waals surface area contributed by atoms with Crippen LogP contribution in [-0.2, 0) is 0 Å². The SMILES string of the molecule is CC12CCC(N3CCCC3)C[C@H]1CCC1C2CC[C@]2(C)[C@@H](c3ccc(=O)oc3)CC[C@]12O. The van der Waals surface area contributed by atoms with Crippen LogP contribution in [-0.4, -0.2) is 34.7 Å². The van der Waals surface area contributed by atoms with Crippen molar-refractivity contribution in [2.75, 3.05) is 13.1 Å². The molecule has 0 amide bonds. The summed E-state index contributed by atoms with van der Waals surface area (Å²) in [7, 11) is 0. The molecular formula is C28H41NO3. The van der Waals surface area contributed by atoms with Gasteiger partial charge in [0.15, 0.2) is 0 Å². The van der Waals surface area contributed by atoms with Gasteiger partial charge in [-0.3, -0.25) is 0 Å². The lowest BCUT2D eigenvalue weighted by Gasteiger charge is -2.64. The zero-order valence-electron chi connectivity index (χ0n) is 20.0. The van der Waals surface area contributed by atoms with E-state index in [-0.39, 0.29) is 17.0 Å². The Morgan fingerprint density at radius 1 is 0.969 bits per heavy atom. The lowest BCUT2D eigenvalue weighted by Crippen LogP contribution is -2.62. The second-order valence-corrected chi connectivity index (χ2v) is 12.5. The van der Waals surface area contributed by atoms with Crippen LogP contribution in [0.2, 0.25) is 0 Å². The van der Waals surface area contributed by atoms with E-state index in [0.29, 0.717) is 17.3 Å². The molecule has 176 valence electrons. The molecular weight excluding hydrogens is 398 g/mol. The maximum absolute atomic E-state index is 12.4. The predicted octanol–water partition coefficient (Wildman–Crippen LogP) is 5.35. The predicted molar refractivity (Wildman–Crippen MR) is 126 cm³/mol. The molecule has 0 spiro atoms. The summed E-state index contributed by atoms with van der Waals surface area (Å²) in [6.07, 6.45) is 15.3. The van der Waals surface area contributed by atoms with Crippen molar-refractivity contribution in [2.24, 2.45) is 28.6 Å². The van der Waals surface area contributed by atoms with Crippen LogP contribution in [0.3, 0.4) is 0 Å². The van der Waals surface area contributed by atoms with Gasteiger partial charge in [0, 0.05) is 17.5 Å². The summed E-state index contributed by atoms with van der Waals surface area (Å²) in [5, 5.41) is 12.4. The first-order valence-electron chi connectivity index (χ1n) is 13.4. The van der Waals surface area contributed by atoms with Crippen LogP contribution in [0.25, 0.3) is 0 Å². The van der Waals surface area contributed by atoms with Crippen LogP contribution >= 0.6 is 0 Å². The first kappa shape index (κ1) is 21.4. The summed E-state index contributed by atoms with van der Waals surface area (Å²) in [6.45, 7) is 7.57. The standard InChI is InChI=1S/C28H41NO3/c1-26-12-9-21(29-15-3-4-16-29)17-20(26)6-7-24-23(26)10-13-27(2)22(11-14-28(24,27)31)19-5-8-25(30)32-18-19/h5,8,18,20-24,31H,3-4,6-7,9-17H2,1-2H3/t20-,21?,22-,23?,24?,26?,27-,28+/m1/s1. The van der Waals surface area contributed by atoms with Crippen LogP contribution in [0, 0.1) is 28.6 Å². The smallest absolute Gasteiger partial charge is 0.335 e. The molecule has 4 aliphatic carbocycles. The van der Waals surface area contributed by atoms with Gasteiger partial charge in [0.05, 0.1) is 11.9 Å². The molecule has 1 saturated heterocycles. The van der Waals surface area contributed by atoms with E-state index in [1.807, 2.05) is 6.07 Å². The van der Waals surface area contributed by atoms with E-state index < -0.39 is 5.60 Å². The third-order valence-electron chi connectivity index (χ3n) is 11.6. The maximum Gasteiger partial charge on any atom is 0.335 e. The number of fused-ring (bicyclic) bond motifs is 5. The van der Waals surface area contributed by atoms with Gasteiger partial charge in [0.2, 0.25) is 0 Å². The van der Waals surface area contributed by atoms with Crippen LogP contribution < -0.4 is 5.63 Å². The number of nitrogens with zero attached hydrogens (tertiary/aromatic N) is 1. The normalized spacial score (nSPS) is 48.8. The Hall–Kier alpha value is -1.13. The highest BCUT2D eigenvalue weighted by atomic mass is 16.4. The molecule has 1 aromatic rings. The minimum atomic E-state index is -0.587. The highest BCUT2D eigenvalue weighted by Gasteiger charge is 2.67. The number of hydrogen-bond acceptors (Lipinski definition) is 4. The van der Waals surface area contributed by atoms with E-state index in [2.05, 4.69) is 18.7 Å². The molecule has 4 unspecified atom stereocenters. The van der Waals surface area contributed by atoms with Crippen LogP contribution in [0.4, 0.5) is 0 Å². The summed E-state index contributed by atoms with van der Waals surface area (Å²) < 4.78 is 5.23. The molecule has 4 heteroatoms. The maximum atomic E-state index is 12.4. The van der Waals surface area contributed by atoms with E-state index in [4.69, 9.17) is 4.42 Å². The molecule has 6 rings (SSSR count). The molecule has 1 aromatic heterocycles. The lowest BCUT2D eigenvalue weighted by atomic mass is 9.43. The topological polar surface area (TPSA) is 53.7 Å². The highest BCUT2D eigenvalue weighted by molar-refractivity contribution is 5.27. The largest absolute Gasteiger partial charge is 0.431 e. The Balaban J connectivity index is 1.26. The zero-order chi connectivity index (χ0) is 22.1. The fourth-order valence-corrected chi connectivity index (χ4v) is 9.74. The number of aliphatic hydroxyl groups is 1. The quantitative estimate of drug-likeness (QED) is 0.675. The van der Waals surface area contributed by atoms with Crippen LogP contribution in [0.1, 0.15) is 96.0 Å². The molecule has 8 atom stereocenters. The molecule has 0 radical (unpaired) electrons. The van der Waals surface area contributed by atoms with Gasteiger partial charge in [-0.05, 0) is 124 Å². The highest BCUT2D eigenvalue weighted by Crippen LogP contribution is 2.70. The van der Waals surface area contributed by atoms with Crippen LogP contribution in [0.15, 0.2) is 27.6 Å². The third-order valence-corrected chi connectivity index (χ3v) is 11.6. The monoisotopic (exact) mass is 439 g/mol. The molecule has 32 heavy (non-hydrogen) atoms. The fraction of sp³-hybridized carbons (Fsp3) is 0.821. The van der Waals surface area contributed by atoms with Crippen LogP contribution in [0.5, 0.6) is 0 Å². The number of likely N-dealkylation sites (tertiary alicyclic amines) is 1. The van der Waals surface area contributed by atoms with Crippen molar-refractivity contribution in [1.29, 1.82) is 0 Å². The lowest BCUT2D eigenvalue weighted by molar-refractivity contribution is -0.203. The molecule has 0 bridgehead atoms. The van der Waals surface area contributed by atoms with Crippen molar-refractivity contribution in [3.05, 3.63) is 34.4 Å². The van der Waals surface area contributed by atoms with E-state index in [9.17, 15) is 9.90 Å². The number of rotatable bonds is 2. The average Bonchev–Trinajstić information content (AvgIpc) is 3.41. The third kappa shape index (κ3) is 2.90. The summed E-state index contributed by atoms with van der Waals surface area (Å²) in [5.41, 5.74) is 0.508. The summed E-state index contributed by atoms with van der Waals surface area (Å²) >= 11 is 0. The van der Waals surface area contributed by atoms with E-state index in [1.165, 1.54) is 64.5 Å². The summed E-state index contributed by atoms with van der Waals surface area (Å²) in [5.74, 6) is 2.20. The van der Waals surface area contributed by atoms with Crippen molar-refractivity contribution >= 4 is 0 Å². The molecule has 1 aliphatic heterocycles. The zero-order valence-corrected chi connectivity index (χ0v) is 20.0. The van der Waals surface area contributed by atoms with E-state index in [1.54, 1.807) is 12.3 Å². The van der Waals surface area contributed by atoms with Crippen molar-refractivity contribution in [1.82, 2.24) is 4.90 Å². The Labute approximate surface area is 192 Å². The first-order chi connectivity index (χ1) is 15.3. The Morgan fingerprint density at radius 2 is 1.78 bits per heavy atom. The minimum Gasteiger partial charge on any atom is -0.431 e. The van der Waals surface area contributed by atoms with Gasteiger partial charge >= 0.3 is 5.63 Å². The van der Waals surface area contributed by atoms with E-state index in [0.717, 1.165) is 36.8 Å². The second kappa shape index (κ2) is 7.43. The fourth-order valence-electron chi connectivity index (χ4n) is 9.74. The van der Waals surface area contributed by atoms with Crippen molar-refractivity contribution in [3.63, 3.8) is 0 Å². The van der Waals surface area contributed by atoms with Gasteiger partial charge in [0.1, 0.15) is 0 Å². The van der Waals surface area contributed by atoms with Gasteiger partial charge in [-0.2, -0.15) is 0 Å². The van der Waals surface area contributed by atoms with Crippen molar-refractivity contribution < 1.29 is 9.52 Å². The van der Waals surface area contributed by atoms with Gasteiger partial charge in [0.25, 0.3) is 0 Å². The van der Waals surface area contributed by atoms with E-state index >= 15 is 0 Å². The average molecular weight is 440 g/mol. The van der Waals surface area contributed by atoms with Gasteiger partial charge < -0.3 is 14.4 Å². The molecule has 4 saturated carbocycles. The Bertz CT molecular complexity index is 901. The Morgan fingerprint density at radius 3 is 2.53 bits per heavy atom. The summed E-state index contributed by atoms with van der Waals surface area (Å²) in [6, 6.07) is 4.30. The molecule has 4 nitrogen and oxygen atoms in total. The first-order valence-corrected chi connectivity index (χ1v) is 13.4. The number of hydrogen-bond donors (Lipinski definition) is 1. The molecule has 0 aromatic carbocycles. The van der Waals surface area contributed by atoms with Gasteiger partial charge in [-0.15, -0.1) is 0 Å². The molecule has 1 N–H and O–H groups in total. The molecule has 5 fully saturated rings. The van der Waals surface area contributed by atoms with Gasteiger partial charge in [-0.25, -0.2) is 4.79 Å². The molecule has 5 aliphatic rings. The Kier molecular flexibility index (Phi) is 4.97. The minimum absolute atomic E-state index is 0.121. The van der Waals surface area contributed by atoms with Crippen molar-refractivity contribution in [2.45, 2.75) is 102 Å². The second-order valence-electron chi connectivity index (χ2n) is 12.5. The summed E-state index contributed by atoms with van der Waals surface area (Å²) in [4.78, 5) is 14.3.